The van der Waals surface area contributed by atoms with Gasteiger partial charge in [-0.25, -0.2) is 8.42 Å². The second kappa shape index (κ2) is 5.58. The van der Waals surface area contributed by atoms with Gasteiger partial charge in [0.15, 0.2) is 9.84 Å². The van der Waals surface area contributed by atoms with Crippen LogP contribution in [0.3, 0.4) is 0 Å². The van der Waals surface area contributed by atoms with Crippen molar-refractivity contribution in [1.82, 2.24) is 4.90 Å². The van der Waals surface area contributed by atoms with E-state index >= 15 is 0 Å². The van der Waals surface area contributed by atoms with Crippen LogP contribution in [0.25, 0.3) is 0 Å². The first-order valence-corrected chi connectivity index (χ1v) is 7.59. The minimum absolute atomic E-state index is 0.0107. The van der Waals surface area contributed by atoms with Gasteiger partial charge in [-0.3, -0.25) is 4.79 Å². The summed E-state index contributed by atoms with van der Waals surface area (Å²) in [4.78, 5) is 13.5. The summed E-state index contributed by atoms with van der Waals surface area (Å²) in [5, 5.41) is 0. The molecule has 0 atom stereocenters. The minimum atomic E-state index is -3.70. The molecule has 0 bridgehead atoms. The number of sulfone groups is 1. The molecule has 1 aliphatic heterocycles. The molecular weight excluding hydrogens is 268 g/mol. The summed E-state index contributed by atoms with van der Waals surface area (Å²) >= 11 is 0. The van der Waals surface area contributed by atoms with Crippen LogP contribution in [0.4, 0.5) is 5.69 Å². The van der Waals surface area contributed by atoms with E-state index in [1.807, 2.05) is 0 Å². The molecule has 7 heteroatoms. The summed E-state index contributed by atoms with van der Waals surface area (Å²) in [5.74, 6) is -0.965. The van der Waals surface area contributed by atoms with E-state index in [0.717, 1.165) is 0 Å². The number of nitrogens with zero attached hydrogens (tertiary/aromatic N) is 1. The van der Waals surface area contributed by atoms with Gasteiger partial charge in [-0.05, 0) is 12.1 Å². The third-order valence-corrected chi connectivity index (χ3v) is 4.60. The van der Waals surface area contributed by atoms with Gasteiger partial charge in [0.1, 0.15) is 5.75 Å². The van der Waals surface area contributed by atoms with Crippen LogP contribution in [-0.2, 0) is 19.4 Å². The minimum Gasteiger partial charge on any atom is -0.398 e. The van der Waals surface area contributed by atoms with Gasteiger partial charge >= 0.3 is 0 Å². The number of benzene rings is 1. The van der Waals surface area contributed by atoms with Crippen LogP contribution in [0, 0.1) is 0 Å². The Morgan fingerprint density at radius 2 is 1.89 bits per heavy atom. The third-order valence-electron chi connectivity index (χ3n) is 2.93. The number of hydrogen-bond acceptors (Lipinski definition) is 5. The van der Waals surface area contributed by atoms with Crippen LogP contribution in [0.15, 0.2) is 29.2 Å². The number of morpholine rings is 1. The molecule has 0 aromatic heterocycles. The number of carbonyl (C=O) groups is 1. The van der Waals surface area contributed by atoms with Crippen molar-refractivity contribution in [2.45, 2.75) is 4.90 Å². The smallest absolute Gasteiger partial charge is 0.238 e. The van der Waals surface area contributed by atoms with Crippen molar-refractivity contribution in [2.24, 2.45) is 0 Å². The number of para-hydroxylation sites is 1. The lowest BCUT2D eigenvalue weighted by Gasteiger charge is -2.26. The van der Waals surface area contributed by atoms with Crippen LogP contribution in [0.1, 0.15) is 0 Å². The molecule has 1 aromatic rings. The molecule has 0 radical (unpaired) electrons. The number of carbonyl (C=O) groups excluding carboxylic acids is 1. The normalized spacial score (nSPS) is 16.3. The molecular formula is C12H16N2O4S. The Labute approximate surface area is 112 Å². The SMILES string of the molecule is Nc1ccccc1S(=O)(=O)CC(=O)N1CCOCC1. The first-order valence-electron chi connectivity index (χ1n) is 5.93. The molecule has 104 valence electrons. The average molecular weight is 284 g/mol. The van der Waals surface area contributed by atoms with Crippen LogP contribution < -0.4 is 5.73 Å². The molecule has 19 heavy (non-hydrogen) atoms. The lowest BCUT2D eigenvalue weighted by Crippen LogP contribution is -2.43. The van der Waals surface area contributed by atoms with Crippen molar-refractivity contribution in [3.05, 3.63) is 24.3 Å². The van der Waals surface area contributed by atoms with Crippen molar-refractivity contribution in [3.8, 4) is 0 Å². The van der Waals surface area contributed by atoms with Gasteiger partial charge in [0.05, 0.1) is 23.8 Å². The molecule has 1 aliphatic rings. The molecule has 0 spiro atoms. The highest BCUT2D eigenvalue weighted by Crippen LogP contribution is 2.19. The molecule has 0 saturated carbocycles. The van der Waals surface area contributed by atoms with E-state index in [-0.39, 0.29) is 10.6 Å². The molecule has 2 rings (SSSR count). The summed E-state index contributed by atoms with van der Waals surface area (Å²) < 4.78 is 29.4. The van der Waals surface area contributed by atoms with Crippen molar-refractivity contribution < 1.29 is 17.9 Å². The number of ether oxygens (including phenoxy) is 1. The summed E-state index contributed by atoms with van der Waals surface area (Å²) in [7, 11) is -3.70. The summed E-state index contributed by atoms with van der Waals surface area (Å²) in [6.45, 7) is 1.75. The second-order valence-corrected chi connectivity index (χ2v) is 6.25. The topological polar surface area (TPSA) is 89.7 Å². The lowest BCUT2D eigenvalue weighted by atomic mass is 10.3. The maximum atomic E-state index is 12.1. The molecule has 1 fully saturated rings. The summed E-state index contributed by atoms with van der Waals surface area (Å²) in [6.07, 6.45) is 0. The highest BCUT2D eigenvalue weighted by molar-refractivity contribution is 7.92. The Morgan fingerprint density at radius 3 is 2.53 bits per heavy atom. The van der Waals surface area contributed by atoms with Gasteiger partial charge in [0.2, 0.25) is 5.91 Å². The molecule has 1 amide bonds. The Kier molecular flexibility index (Phi) is 4.06. The molecule has 2 N–H and O–H groups in total. The molecule has 1 aromatic carbocycles. The second-order valence-electron chi connectivity index (χ2n) is 4.29. The van der Waals surface area contributed by atoms with Crippen molar-refractivity contribution >= 4 is 21.4 Å². The number of rotatable bonds is 3. The predicted molar refractivity (Wildman–Crippen MR) is 70.3 cm³/mol. The Balaban J connectivity index is 2.13. The van der Waals surface area contributed by atoms with Gasteiger partial charge in [-0.2, -0.15) is 0 Å². The Hall–Kier alpha value is -1.60. The maximum Gasteiger partial charge on any atom is 0.238 e. The number of hydrogen-bond donors (Lipinski definition) is 1. The van der Waals surface area contributed by atoms with Crippen molar-refractivity contribution in [3.63, 3.8) is 0 Å². The van der Waals surface area contributed by atoms with Crippen LogP contribution >= 0.6 is 0 Å². The maximum absolute atomic E-state index is 12.1. The number of nitrogens with two attached hydrogens (primary N) is 1. The fourth-order valence-electron chi connectivity index (χ4n) is 1.91. The first-order chi connectivity index (χ1) is 9.00. The zero-order valence-corrected chi connectivity index (χ0v) is 11.2. The summed E-state index contributed by atoms with van der Waals surface area (Å²) in [5.41, 5.74) is 5.80. The number of nitrogen functional groups attached to an aromatic ring is 1. The van der Waals surface area contributed by atoms with Gasteiger partial charge in [-0.1, -0.05) is 12.1 Å². The van der Waals surface area contributed by atoms with E-state index < -0.39 is 21.5 Å². The third kappa shape index (κ3) is 3.24. The zero-order valence-electron chi connectivity index (χ0n) is 10.4. The zero-order chi connectivity index (χ0) is 13.9. The Bertz CT molecular complexity index is 565. The van der Waals surface area contributed by atoms with E-state index in [9.17, 15) is 13.2 Å². The van der Waals surface area contributed by atoms with Gasteiger partial charge in [-0.15, -0.1) is 0 Å². The van der Waals surface area contributed by atoms with E-state index in [1.54, 1.807) is 12.1 Å². The fourth-order valence-corrected chi connectivity index (χ4v) is 3.28. The Morgan fingerprint density at radius 1 is 1.26 bits per heavy atom. The quantitative estimate of drug-likeness (QED) is 0.783. The molecule has 1 heterocycles. The van der Waals surface area contributed by atoms with E-state index in [2.05, 4.69) is 0 Å². The monoisotopic (exact) mass is 284 g/mol. The number of anilines is 1. The van der Waals surface area contributed by atoms with Gasteiger partial charge < -0.3 is 15.4 Å². The largest absolute Gasteiger partial charge is 0.398 e. The van der Waals surface area contributed by atoms with E-state index in [0.29, 0.717) is 26.3 Å². The fraction of sp³-hybridized carbons (Fsp3) is 0.417. The van der Waals surface area contributed by atoms with E-state index in [1.165, 1.54) is 17.0 Å². The van der Waals surface area contributed by atoms with Crippen LogP contribution in [0.2, 0.25) is 0 Å². The van der Waals surface area contributed by atoms with Gasteiger partial charge in [0, 0.05) is 13.1 Å². The first kappa shape index (κ1) is 13.8. The molecule has 6 nitrogen and oxygen atoms in total. The molecule has 1 saturated heterocycles. The predicted octanol–water partition coefficient (Wildman–Crippen LogP) is -0.0987. The van der Waals surface area contributed by atoms with Gasteiger partial charge in [0.25, 0.3) is 0 Å². The molecule has 0 unspecified atom stereocenters. The number of amides is 1. The van der Waals surface area contributed by atoms with Crippen LogP contribution in [-0.4, -0.2) is 51.3 Å². The highest BCUT2D eigenvalue weighted by Gasteiger charge is 2.25. The standard InChI is InChI=1S/C12H16N2O4S/c13-10-3-1-2-4-11(10)19(16,17)9-12(15)14-5-7-18-8-6-14/h1-4H,5-9,13H2. The van der Waals surface area contributed by atoms with Crippen molar-refractivity contribution in [2.75, 3.05) is 37.8 Å². The van der Waals surface area contributed by atoms with Crippen LogP contribution in [0.5, 0.6) is 0 Å². The lowest BCUT2D eigenvalue weighted by molar-refractivity contribution is -0.132. The van der Waals surface area contributed by atoms with E-state index in [4.69, 9.17) is 10.5 Å². The highest BCUT2D eigenvalue weighted by atomic mass is 32.2. The van der Waals surface area contributed by atoms with Crippen molar-refractivity contribution in [1.29, 1.82) is 0 Å². The molecule has 0 aliphatic carbocycles. The summed E-state index contributed by atoms with van der Waals surface area (Å²) in [6, 6.07) is 6.16. The average Bonchev–Trinajstić information content (AvgIpc) is 2.39.